The molecule has 0 saturated heterocycles. The second kappa shape index (κ2) is 3.79. The van der Waals surface area contributed by atoms with Crippen molar-refractivity contribution < 1.29 is 9.84 Å². The van der Waals surface area contributed by atoms with Gasteiger partial charge in [-0.15, -0.1) is 0 Å². The average molecular weight is 179 g/mol. The maximum absolute atomic E-state index is 10.8. The second-order valence-corrected chi connectivity index (χ2v) is 3.97. The Morgan fingerprint density at radius 2 is 1.85 bits per heavy atom. The van der Waals surface area contributed by atoms with E-state index in [2.05, 4.69) is 0 Å². The summed E-state index contributed by atoms with van der Waals surface area (Å²) in [5, 5.41) is 10.8. The second-order valence-electron chi connectivity index (χ2n) is 3.97. The lowest BCUT2D eigenvalue weighted by Crippen LogP contribution is -2.23. The largest absolute Gasteiger partial charge is 0.488 e. The SMILES string of the molecule is CC(C)(C)Oc1ccccc1C[O]. The van der Waals surface area contributed by atoms with E-state index in [0.29, 0.717) is 5.75 Å². The van der Waals surface area contributed by atoms with Crippen molar-refractivity contribution in [1.82, 2.24) is 0 Å². The van der Waals surface area contributed by atoms with Crippen LogP contribution in [0.25, 0.3) is 0 Å². The van der Waals surface area contributed by atoms with E-state index in [4.69, 9.17) is 4.74 Å². The lowest BCUT2D eigenvalue weighted by molar-refractivity contribution is 0.120. The highest BCUT2D eigenvalue weighted by Crippen LogP contribution is 2.22. The quantitative estimate of drug-likeness (QED) is 0.686. The van der Waals surface area contributed by atoms with Gasteiger partial charge in [0.1, 0.15) is 18.0 Å². The molecule has 0 saturated carbocycles. The first-order valence-electron chi connectivity index (χ1n) is 4.38. The molecule has 0 atom stereocenters. The summed E-state index contributed by atoms with van der Waals surface area (Å²) in [7, 11) is 0. The van der Waals surface area contributed by atoms with Crippen LogP contribution in [0.15, 0.2) is 24.3 Å². The molecule has 0 bridgehead atoms. The van der Waals surface area contributed by atoms with Crippen LogP contribution >= 0.6 is 0 Å². The summed E-state index contributed by atoms with van der Waals surface area (Å²) in [5.74, 6) is 0.699. The lowest BCUT2D eigenvalue weighted by atomic mass is 10.1. The molecule has 13 heavy (non-hydrogen) atoms. The van der Waals surface area contributed by atoms with Crippen molar-refractivity contribution >= 4 is 0 Å². The van der Waals surface area contributed by atoms with Gasteiger partial charge in [0.15, 0.2) is 0 Å². The molecule has 0 spiro atoms. The van der Waals surface area contributed by atoms with Crippen LogP contribution in [0.2, 0.25) is 0 Å². The van der Waals surface area contributed by atoms with E-state index in [9.17, 15) is 5.11 Å². The smallest absolute Gasteiger partial charge is 0.125 e. The van der Waals surface area contributed by atoms with Crippen LogP contribution < -0.4 is 4.74 Å². The van der Waals surface area contributed by atoms with Gasteiger partial charge < -0.3 is 4.74 Å². The van der Waals surface area contributed by atoms with E-state index in [0.717, 1.165) is 5.56 Å². The van der Waals surface area contributed by atoms with Gasteiger partial charge in [0.2, 0.25) is 0 Å². The zero-order valence-corrected chi connectivity index (χ0v) is 8.33. The predicted molar refractivity (Wildman–Crippen MR) is 51.2 cm³/mol. The van der Waals surface area contributed by atoms with Crippen LogP contribution in [0.4, 0.5) is 0 Å². The van der Waals surface area contributed by atoms with Crippen LogP contribution in [0.3, 0.4) is 0 Å². The third-order valence-corrected chi connectivity index (χ3v) is 1.54. The molecular formula is C11H15O2. The molecular weight excluding hydrogens is 164 g/mol. The van der Waals surface area contributed by atoms with Crippen molar-refractivity contribution in [1.29, 1.82) is 0 Å². The summed E-state index contributed by atoms with van der Waals surface area (Å²) < 4.78 is 5.62. The zero-order chi connectivity index (χ0) is 9.90. The van der Waals surface area contributed by atoms with Crippen molar-refractivity contribution in [3.05, 3.63) is 29.8 Å². The van der Waals surface area contributed by atoms with Gasteiger partial charge in [-0.1, -0.05) is 18.2 Å². The standard InChI is InChI=1S/C11H15O2/c1-11(2,3)13-10-7-5-4-6-9(10)8-12/h4-7H,8H2,1-3H3. The number of benzene rings is 1. The summed E-state index contributed by atoms with van der Waals surface area (Å²) in [6.45, 7) is 5.67. The molecule has 2 heteroatoms. The molecule has 0 aromatic heterocycles. The third-order valence-electron chi connectivity index (χ3n) is 1.54. The average Bonchev–Trinajstić information content (AvgIpc) is 2.02. The Balaban J connectivity index is 2.87. The van der Waals surface area contributed by atoms with E-state index in [1.165, 1.54) is 0 Å². The molecule has 0 aliphatic carbocycles. The summed E-state index contributed by atoms with van der Waals surface area (Å²) in [6.07, 6.45) is 0. The topological polar surface area (TPSA) is 29.1 Å². The highest BCUT2D eigenvalue weighted by atomic mass is 16.5. The third kappa shape index (κ3) is 3.07. The Kier molecular flexibility index (Phi) is 2.94. The van der Waals surface area contributed by atoms with Gasteiger partial charge in [-0.05, 0) is 26.8 Å². The van der Waals surface area contributed by atoms with Crippen LogP contribution in [-0.2, 0) is 11.7 Å². The molecule has 2 nitrogen and oxygen atoms in total. The van der Waals surface area contributed by atoms with Crippen molar-refractivity contribution in [3.63, 3.8) is 0 Å². The first kappa shape index (κ1) is 10.1. The summed E-state index contributed by atoms with van der Waals surface area (Å²) in [6, 6.07) is 7.36. The maximum Gasteiger partial charge on any atom is 0.125 e. The van der Waals surface area contributed by atoms with E-state index < -0.39 is 0 Å². The van der Waals surface area contributed by atoms with Crippen LogP contribution in [0.5, 0.6) is 5.75 Å². The van der Waals surface area contributed by atoms with Crippen molar-refractivity contribution in [2.75, 3.05) is 0 Å². The molecule has 1 rings (SSSR count). The Bertz CT molecular complexity index is 274. The molecule has 1 aromatic carbocycles. The minimum absolute atomic E-state index is 0.230. The Morgan fingerprint density at radius 1 is 1.23 bits per heavy atom. The number of rotatable bonds is 2. The normalized spacial score (nSPS) is 11.4. The van der Waals surface area contributed by atoms with Crippen molar-refractivity contribution in [3.8, 4) is 5.75 Å². The summed E-state index contributed by atoms with van der Waals surface area (Å²) in [5.41, 5.74) is 0.475. The number of ether oxygens (including phenoxy) is 1. The molecule has 0 amide bonds. The van der Waals surface area contributed by atoms with Gasteiger partial charge >= 0.3 is 0 Å². The van der Waals surface area contributed by atoms with Crippen molar-refractivity contribution in [2.24, 2.45) is 0 Å². The van der Waals surface area contributed by atoms with Gasteiger partial charge in [-0.3, -0.25) is 0 Å². The lowest BCUT2D eigenvalue weighted by Gasteiger charge is -2.22. The fourth-order valence-electron chi connectivity index (χ4n) is 1.05. The Morgan fingerprint density at radius 3 is 2.38 bits per heavy atom. The first-order chi connectivity index (χ1) is 6.03. The summed E-state index contributed by atoms with van der Waals surface area (Å²) in [4.78, 5) is 0. The molecule has 0 aliphatic heterocycles. The zero-order valence-electron chi connectivity index (χ0n) is 8.33. The minimum atomic E-state index is -0.245. The monoisotopic (exact) mass is 179 g/mol. The van der Waals surface area contributed by atoms with Crippen molar-refractivity contribution in [2.45, 2.75) is 33.0 Å². The fourth-order valence-corrected chi connectivity index (χ4v) is 1.05. The maximum atomic E-state index is 10.8. The van der Waals surface area contributed by atoms with Crippen LogP contribution in [0, 0.1) is 0 Å². The van der Waals surface area contributed by atoms with E-state index in [1.54, 1.807) is 6.07 Å². The fraction of sp³-hybridized carbons (Fsp3) is 0.455. The number of hydrogen-bond donors (Lipinski definition) is 0. The molecule has 0 N–H and O–H groups in total. The van der Waals surface area contributed by atoms with Gasteiger partial charge in [0.25, 0.3) is 0 Å². The van der Waals surface area contributed by atoms with Gasteiger partial charge in [-0.25, -0.2) is 5.11 Å². The van der Waals surface area contributed by atoms with E-state index in [1.807, 2.05) is 39.0 Å². The predicted octanol–water partition coefficient (Wildman–Crippen LogP) is 2.79. The molecule has 1 aromatic rings. The highest BCUT2D eigenvalue weighted by molar-refractivity contribution is 5.32. The molecule has 0 aliphatic rings. The minimum Gasteiger partial charge on any atom is -0.488 e. The summed E-state index contributed by atoms with van der Waals surface area (Å²) >= 11 is 0. The Hall–Kier alpha value is -1.02. The van der Waals surface area contributed by atoms with Crippen LogP contribution in [0.1, 0.15) is 26.3 Å². The first-order valence-corrected chi connectivity index (χ1v) is 4.38. The Labute approximate surface area is 79.2 Å². The molecule has 1 radical (unpaired) electrons. The highest BCUT2D eigenvalue weighted by Gasteiger charge is 2.13. The van der Waals surface area contributed by atoms with Gasteiger partial charge in [0.05, 0.1) is 0 Å². The number of hydrogen-bond acceptors (Lipinski definition) is 1. The van der Waals surface area contributed by atoms with Gasteiger partial charge in [0, 0.05) is 5.56 Å². The molecule has 71 valence electrons. The van der Waals surface area contributed by atoms with E-state index in [-0.39, 0.29) is 12.2 Å². The van der Waals surface area contributed by atoms with Gasteiger partial charge in [-0.2, -0.15) is 0 Å². The molecule has 0 fully saturated rings. The molecule has 0 unspecified atom stereocenters. The number of para-hydroxylation sites is 1. The van der Waals surface area contributed by atoms with Crippen LogP contribution in [-0.4, -0.2) is 5.60 Å². The molecule has 0 heterocycles. The van der Waals surface area contributed by atoms with E-state index >= 15 is 0 Å².